The Morgan fingerprint density at radius 1 is 1.15 bits per heavy atom. The van der Waals surface area contributed by atoms with E-state index in [0.29, 0.717) is 0 Å². The summed E-state index contributed by atoms with van der Waals surface area (Å²) in [5.41, 5.74) is 2.36. The molecule has 1 aromatic carbocycles. The molecule has 0 aliphatic carbocycles. The largest absolute Gasteiger partial charge is 0.195 e. The lowest BCUT2D eigenvalue weighted by atomic mass is 9.87. The average molecular weight is 191 g/mol. The minimum Gasteiger partial charge on any atom is -0.195 e. The molecule has 0 aliphatic heterocycles. The fourth-order valence-corrected chi connectivity index (χ4v) is 1.19. The Labute approximate surface area is 84.5 Å². The minimum atomic E-state index is 0.194. The van der Waals surface area contributed by atoms with Gasteiger partial charge in [-0.05, 0) is 35.3 Å². The van der Waals surface area contributed by atoms with Crippen LogP contribution in [-0.2, 0) is 5.41 Å². The van der Waals surface area contributed by atoms with Crippen molar-refractivity contribution in [1.29, 1.82) is 0 Å². The maximum absolute atomic E-state index is 4.52. The number of nitrogens with zero attached hydrogens (tertiary/aromatic N) is 1. The number of hydrogen-bond acceptors (Lipinski definition) is 2. The maximum Gasteiger partial charge on any atom is 0.0739 e. The van der Waals surface area contributed by atoms with Crippen LogP contribution in [0.25, 0.3) is 0 Å². The highest BCUT2D eigenvalue weighted by atomic mass is 32.1. The third-order valence-electron chi connectivity index (χ3n) is 1.91. The molecule has 0 spiro atoms. The van der Waals surface area contributed by atoms with Gasteiger partial charge in [-0.3, -0.25) is 0 Å². The summed E-state index contributed by atoms with van der Waals surface area (Å²) in [7, 11) is 0. The molecule has 1 rings (SSSR count). The normalized spacial score (nSPS) is 10.7. The van der Waals surface area contributed by atoms with E-state index in [-0.39, 0.29) is 5.41 Å². The molecule has 0 atom stereocenters. The smallest absolute Gasteiger partial charge is 0.0739 e. The molecule has 2 heteroatoms. The second kappa shape index (κ2) is 3.82. The predicted octanol–water partition coefficient (Wildman–Crippen LogP) is 3.72. The van der Waals surface area contributed by atoms with Gasteiger partial charge in [-0.15, -0.1) is 0 Å². The van der Waals surface area contributed by atoms with Crippen molar-refractivity contribution in [2.45, 2.75) is 26.2 Å². The van der Waals surface area contributed by atoms with E-state index in [1.54, 1.807) is 0 Å². The number of benzene rings is 1. The lowest BCUT2D eigenvalue weighted by Gasteiger charge is -2.18. The van der Waals surface area contributed by atoms with Crippen LogP contribution >= 0.6 is 12.2 Å². The summed E-state index contributed by atoms with van der Waals surface area (Å²) >= 11 is 4.52. The molecule has 0 N–H and O–H groups in total. The fourth-order valence-electron chi connectivity index (χ4n) is 1.09. The molecule has 1 nitrogen and oxygen atoms in total. The second-order valence-electron chi connectivity index (χ2n) is 4.00. The van der Waals surface area contributed by atoms with Crippen molar-refractivity contribution < 1.29 is 0 Å². The van der Waals surface area contributed by atoms with Crippen molar-refractivity contribution >= 4 is 23.1 Å². The molecule has 0 saturated heterocycles. The van der Waals surface area contributed by atoms with Gasteiger partial charge in [0.15, 0.2) is 0 Å². The molecule has 0 fully saturated rings. The molecule has 0 aromatic heterocycles. The lowest BCUT2D eigenvalue weighted by Crippen LogP contribution is -2.10. The first-order valence-electron chi connectivity index (χ1n) is 4.22. The molecule has 1 aromatic rings. The van der Waals surface area contributed by atoms with E-state index >= 15 is 0 Å². The van der Waals surface area contributed by atoms with Crippen LogP contribution in [0.15, 0.2) is 29.3 Å². The van der Waals surface area contributed by atoms with Gasteiger partial charge in [0, 0.05) is 0 Å². The van der Waals surface area contributed by atoms with Gasteiger partial charge >= 0.3 is 0 Å². The van der Waals surface area contributed by atoms with Crippen LogP contribution in [0.2, 0.25) is 0 Å². The number of thiocarbonyl (C=S) groups is 1. The van der Waals surface area contributed by atoms with Gasteiger partial charge in [-0.1, -0.05) is 32.9 Å². The van der Waals surface area contributed by atoms with Crippen LogP contribution < -0.4 is 0 Å². The van der Waals surface area contributed by atoms with Crippen molar-refractivity contribution in [2.24, 2.45) is 4.99 Å². The zero-order chi connectivity index (χ0) is 9.90. The van der Waals surface area contributed by atoms with Crippen molar-refractivity contribution in [3.63, 3.8) is 0 Å². The first kappa shape index (κ1) is 10.1. The van der Waals surface area contributed by atoms with Crippen LogP contribution in [0, 0.1) is 0 Å². The summed E-state index contributed by atoms with van der Waals surface area (Å²) < 4.78 is 0. The van der Waals surface area contributed by atoms with Crippen LogP contribution in [0.1, 0.15) is 26.3 Å². The predicted molar refractivity (Wildman–Crippen MR) is 59.8 cm³/mol. The summed E-state index contributed by atoms with van der Waals surface area (Å²) in [6, 6.07) is 8.07. The highest BCUT2D eigenvalue weighted by molar-refractivity contribution is 7.78. The lowest BCUT2D eigenvalue weighted by molar-refractivity contribution is 0.590. The number of hydrogen-bond donors (Lipinski definition) is 0. The van der Waals surface area contributed by atoms with Gasteiger partial charge in [0.2, 0.25) is 0 Å². The van der Waals surface area contributed by atoms with Crippen LogP contribution in [0.4, 0.5) is 5.69 Å². The summed E-state index contributed by atoms with van der Waals surface area (Å²) in [4.78, 5) is 3.89. The third kappa shape index (κ3) is 2.76. The van der Waals surface area contributed by atoms with Crippen molar-refractivity contribution in [3.05, 3.63) is 29.8 Å². The highest BCUT2D eigenvalue weighted by Gasteiger charge is 2.12. The second-order valence-corrected chi connectivity index (χ2v) is 4.18. The number of aliphatic imine (C=N–C) groups is 1. The zero-order valence-corrected chi connectivity index (χ0v) is 8.98. The summed E-state index contributed by atoms with van der Waals surface area (Å²) in [5, 5.41) is 2.35. The molecule has 0 radical (unpaired) electrons. The molecular formula is C11H13NS. The van der Waals surface area contributed by atoms with E-state index in [9.17, 15) is 0 Å². The molecule has 0 heterocycles. The average Bonchev–Trinajstić information content (AvgIpc) is 2.04. The van der Waals surface area contributed by atoms with Crippen molar-refractivity contribution in [3.8, 4) is 0 Å². The van der Waals surface area contributed by atoms with Crippen LogP contribution in [0.3, 0.4) is 0 Å². The summed E-state index contributed by atoms with van der Waals surface area (Å²) in [6.45, 7) is 6.55. The molecule has 0 bridgehead atoms. The Hall–Kier alpha value is -0.980. The van der Waals surface area contributed by atoms with Gasteiger partial charge in [0.25, 0.3) is 0 Å². The van der Waals surface area contributed by atoms with E-state index in [1.807, 2.05) is 12.1 Å². The Balaban J connectivity index is 3.00. The Bertz CT molecular complexity index is 326. The van der Waals surface area contributed by atoms with E-state index in [2.05, 4.69) is 55.3 Å². The van der Waals surface area contributed by atoms with E-state index in [1.165, 1.54) is 5.56 Å². The van der Waals surface area contributed by atoms with E-state index in [0.717, 1.165) is 5.69 Å². The monoisotopic (exact) mass is 191 g/mol. The molecule has 0 aliphatic rings. The Morgan fingerprint density at radius 2 is 1.69 bits per heavy atom. The zero-order valence-electron chi connectivity index (χ0n) is 8.16. The van der Waals surface area contributed by atoms with E-state index < -0.39 is 0 Å². The summed E-state index contributed by atoms with van der Waals surface area (Å²) in [5.74, 6) is 0. The summed E-state index contributed by atoms with van der Waals surface area (Å²) in [6.07, 6.45) is 0. The van der Waals surface area contributed by atoms with Gasteiger partial charge in [0.05, 0.1) is 10.8 Å². The maximum atomic E-state index is 4.52. The molecule has 13 heavy (non-hydrogen) atoms. The molecule has 0 saturated carbocycles. The molecule has 68 valence electrons. The standard InChI is InChI=1S/C11H13NS/c1-11(2,3)9-4-6-10(7-5-9)12-8-13/h4-7H,1-3H3. The quantitative estimate of drug-likeness (QED) is 0.487. The van der Waals surface area contributed by atoms with Crippen LogP contribution in [0.5, 0.6) is 0 Å². The Kier molecular flexibility index (Phi) is 2.97. The van der Waals surface area contributed by atoms with Crippen molar-refractivity contribution in [1.82, 2.24) is 0 Å². The topological polar surface area (TPSA) is 12.4 Å². The van der Waals surface area contributed by atoms with Gasteiger partial charge in [-0.25, -0.2) is 0 Å². The molecule has 0 unspecified atom stereocenters. The number of rotatable bonds is 1. The first-order chi connectivity index (χ1) is 6.04. The van der Waals surface area contributed by atoms with Gasteiger partial charge in [-0.2, -0.15) is 4.99 Å². The van der Waals surface area contributed by atoms with Gasteiger partial charge in [0.1, 0.15) is 0 Å². The molecular weight excluding hydrogens is 178 g/mol. The fraction of sp³-hybridized carbons (Fsp3) is 0.364. The molecule has 0 amide bonds. The Morgan fingerprint density at radius 3 is 2.08 bits per heavy atom. The van der Waals surface area contributed by atoms with Crippen LogP contribution in [-0.4, -0.2) is 5.16 Å². The number of isothiocyanates is 1. The van der Waals surface area contributed by atoms with Crippen molar-refractivity contribution in [2.75, 3.05) is 0 Å². The highest BCUT2D eigenvalue weighted by Crippen LogP contribution is 2.24. The third-order valence-corrected chi connectivity index (χ3v) is 2.00. The minimum absolute atomic E-state index is 0.194. The van der Waals surface area contributed by atoms with Gasteiger partial charge < -0.3 is 0 Å². The SMILES string of the molecule is CC(C)(C)c1ccc(N=C=S)cc1. The van der Waals surface area contributed by atoms with E-state index in [4.69, 9.17) is 0 Å². The first-order valence-corrected chi connectivity index (χ1v) is 4.63.